The van der Waals surface area contributed by atoms with Gasteiger partial charge in [0.15, 0.2) is 0 Å². The van der Waals surface area contributed by atoms with Crippen molar-refractivity contribution in [3.63, 3.8) is 0 Å². The summed E-state index contributed by atoms with van der Waals surface area (Å²) in [4.78, 5) is 24.6. The summed E-state index contributed by atoms with van der Waals surface area (Å²) in [5.41, 5.74) is -0.318. The smallest absolute Gasteiger partial charge is 0.311 e. The highest BCUT2D eigenvalue weighted by atomic mass is 32.1. The van der Waals surface area contributed by atoms with Crippen LogP contribution < -0.4 is 4.74 Å². The van der Waals surface area contributed by atoms with Gasteiger partial charge >= 0.3 is 5.69 Å². The van der Waals surface area contributed by atoms with Gasteiger partial charge in [0.1, 0.15) is 0 Å². The monoisotopic (exact) mass is 238 g/mol. The molecule has 0 radical (unpaired) electrons. The van der Waals surface area contributed by atoms with Crippen molar-refractivity contribution in [3.8, 4) is 5.75 Å². The van der Waals surface area contributed by atoms with Crippen LogP contribution in [-0.2, 0) is 0 Å². The fraction of sp³-hybridized carbons (Fsp3) is 0.111. The number of nitro groups is 1. The van der Waals surface area contributed by atoms with Crippen molar-refractivity contribution in [2.24, 2.45) is 4.99 Å². The third kappa shape index (κ3) is 2.28. The number of ether oxygens (including phenoxy) is 1. The highest BCUT2D eigenvalue weighted by molar-refractivity contribution is 7.78. The summed E-state index contributed by atoms with van der Waals surface area (Å²) < 4.78 is 4.82. The van der Waals surface area contributed by atoms with Crippen LogP contribution in [0.4, 0.5) is 5.69 Å². The van der Waals surface area contributed by atoms with Gasteiger partial charge in [-0.25, -0.2) is 0 Å². The van der Waals surface area contributed by atoms with E-state index in [1.54, 1.807) is 0 Å². The average Bonchev–Trinajstić information content (AvgIpc) is 2.28. The van der Waals surface area contributed by atoms with Crippen LogP contribution in [0.5, 0.6) is 5.75 Å². The van der Waals surface area contributed by atoms with Crippen molar-refractivity contribution < 1.29 is 14.5 Å². The lowest BCUT2D eigenvalue weighted by atomic mass is 10.1. The Kier molecular flexibility index (Phi) is 3.82. The van der Waals surface area contributed by atoms with Crippen LogP contribution >= 0.6 is 12.2 Å². The zero-order valence-electron chi connectivity index (χ0n) is 8.17. The Morgan fingerprint density at radius 3 is 2.81 bits per heavy atom. The lowest BCUT2D eigenvalue weighted by molar-refractivity contribution is -0.385. The first-order chi connectivity index (χ1) is 7.61. The summed E-state index contributed by atoms with van der Waals surface area (Å²) in [7, 11) is 1.24. The molecule has 1 aromatic carbocycles. The maximum Gasteiger partial charge on any atom is 0.311 e. The topological polar surface area (TPSA) is 81.8 Å². The quantitative estimate of drug-likeness (QED) is 0.347. The van der Waals surface area contributed by atoms with Gasteiger partial charge in [0.2, 0.25) is 5.75 Å². The Morgan fingerprint density at radius 2 is 2.31 bits per heavy atom. The highest BCUT2D eigenvalue weighted by Crippen LogP contribution is 2.30. The SMILES string of the molecule is COc1c(C(=O)N=C=S)cccc1[N+](=O)[O-]. The molecule has 0 saturated carbocycles. The van der Waals surface area contributed by atoms with E-state index < -0.39 is 10.8 Å². The van der Waals surface area contributed by atoms with E-state index in [1.807, 2.05) is 5.16 Å². The van der Waals surface area contributed by atoms with E-state index in [9.17, 15) is 14.9 Å². The predicted molar refractivity (Wildman–Crippen MR) is 59.0 cm³/mol. The molecule has 0 atom stereocenters. The molecule has 0 saturated heterocycles. The van der Waals surface area contributed by atoms with Gasteiger partial charge in [-0.05, 0) is 18.3 Å². The minimum Gasteiger partial charge on any atom is -0.490 e. The number of nitrogens with zero attached hydrogens (tertiary/aromatic N) is 2. The second-order valence-electron chi connectivity index (χ2n) is 2.62. The van der Waals surface area contributed by atoms with Crippen LogP contribution in [0.15, 0.2) is 23.2 Å². The van der Waals surface area contributed by atoms with Crippen LogP contribution in [0, 0.1) is 10.1 Å². The number of nitro benzene ring substituents is 1. The minimum absolute atomic E-state index is 0.0194. The van der Waals surface area contributed by atoms with Crippen LogP contribution in [0.1, 0.15) is 10.4 Å². The number of amides is 1. The van der Waals surface area contributed by atoms with Crippen molar-refractivity contribution in [2.45, 2.75) is 0 Å². The largest absolute Gasteiger partial charge is 0.490 e. The second kappa shape index (κ2) is 5.11. The number of rotatable bonds is 3. The number of hydrogen-bond donors (Lipinski definition) is 0. The molecular weight excluding hydrogens is 232 g/mol. The third-order valence-electron chi connectivity index (χ3n) is 1.77. The summed E-state index contributed by atoms with van der Waals surface area (Å²) in [5, 5.41) is 12.6. The summed E-state index contributed by atoms with van der Waals surface area (Å²) in [6.07, 6.45) is 0. The van der Waals surface area contributed by atoms with E-state index in [0.29, 0.717) is 0 Å². The first-order valence-corrected chi connectivity index (χ1v) is 4.46. The number of methoxy groups -OCH3 is 1. The van der Waals surface area contributed by atoms with Crippen molar-refractivity contribution in [1.82, 2.24) is 0 Å². The molecule has 0 fully saturated rings. The van der Waals surface area contributed by atoms with Crippen molar-refractivity contribution >= 4 is 29.0 Å². The van der Waals surface area contributed by atoms with Crippen LogP contribution in [0.2, 0.25) is 0 Å². The van der Waals surface area contributed by atoms with E-state index in [2.05, 4.69) is 17.2 Å². The molecule has 0 spiro atoms. The molecule has 1 rings (SSSR count). The molecule has 0 bridgehead atoms. The summed E-state index contributed by atoms with van der Waals surface area (Å²) in [6, 6.07) is 3.97. The molecule has 6 nitrogen and oxygen atoms in total. The van der Waals surface area contributed by atoms with Gasteiger partial charge in [-0.15, -0.1) is 0 Å². The number of carbonyl (C=O) groups excluding carboxylic acids is 1. The number of isothiocyanates is 1. The molecule has 0 aliphatic rings. The van der Waals surface area contributed by atoms with Crippen molar-refractivity contribution in [2.75, 3.05) is 7.11 Å². The standard InChI is InChI=1S/C9H6N2O4S/c1-15-8-6(9(12)10-5-16)3-2-4-7(8)11(13)14/h2-4H,1H3. The zero-order valence-corrected chi connectivity index (χ0v) is 8.98. The molecule has 7 heteroatoms. The van der Waals surface area contributed by atoms with Gasteiger partial charge in [-0.2, -0.15) is 4.99 Å². The maximum atomic E-state index is 11.4. The molecule has 0 aliphatic carbocycles. The molecule has 82 valence electrons. The molecule has 0 unspecified atom stereocenters. The van der Waals surface area contributed by atoms with E-state index >= 15 is 0 Å². The lowest BCUT2D eigenvalue weighted by Gasteiger charge is -2.04. The van der Waals surface area contributed by atoms with Gasteiger partial charge in [-0.1, -0.05) is 6.07 Å². The predicted octanol–water partition coefficient (Wildman–Crippen LogP) is 1.85. The van der Waals surface area contributed by atoms with Gasteiger partial charge < -0.3 is 4.74 Å². The fourth-order valence-corrected chi connectivity index (χ4v) is 1.24. The number of carbonyl (C=O) groups is 1. The van der Waals surface area contributed by atoms with Crippen molar-refractivity contribution in [1.29, 1.82) is 0 Å². The molecule has 0 N–H and O–H groups in total. The zero-order chi connectivity index (χ0) is 12.1. The van der Waals surface area contributed by atoms with Gasteiger partial charge in [0.25, 0.3) is 5.91 Å². The molecule has 1 aromatic rings. The molecular formula is C9H6N2O4S. The fourth-order valence-electron chi connectivity index (χ4n) is 1.15. The number of thiocarbonyl (C=S) groups is 1. The molecule has 0 aliphatic heterocycles. The Balaban J connectivity index is 3.40. The van der Waals surface area contributed by atoms with E-state index in [0.717, 1.165) is 0 Å². The summed E-state index contributed by atoms with van der Waals surface area (Å²) in [5.74, 6) is -0.859. The Labute approximate surface area is 95.7 Å². The van der Waals surface area contributed by atoms with Crippen LogP contribution in [0.25, 0.3) is 0 Å². The summed E-state index contributed by atoms with van der Waals surface area (Å²) >= 11 is 4.28. The number of benzene rings is 1. The third-order valence-corrected chi connectivity index (χ3v) is 1.86. The second-order valence-corrected chi connectivity index (χ2v) is 2.81. The molecule has 0 aromatic heterocycles. The first-order valence-electron chi connectivity index (χ1n) is 4.05. The summed E-state index contributed by atoms with van der Waals surface area (Å²) in [6.45, 7) is 0. The van der Waals surface area contributed by atoms with E-state index in [-0.39, 0.29) is 17.0 Å². The van der Waals surface area contributed by atoms with Gasteiger partial charge in [-0.3, -0.25) is 14.9 Å². The maximum absolute atomic E-state index is 11.4. The Hall–Kier alpha value is -2.11. The number of para-hydroxylation sites is 1. The Bertz CT molecular complexity index is 494. The minimum atomic E-state index is -0.726. The lowest BCUT2D eigenvalue weighted by Crippen LogP contribution is -2.02. The van der Waals surface area contributed by atoms with Gasteiger partial charge in [0, 0.05) is 6.07 Å². The molecule has 0 heterocycles. The van der Waals surface area contributed by atoms with Gasteiger partial charge in [0.05, 0.1) is 22.8 Å². The van der Waals surface area contributed by atoms with E-state index in [1.165, 1.54) is 25.3 Å². The van der Waals surface area contributed by atoms with Crippen molar-refractivity contribution in [3.05, 3.63) is 33.9 Å². The van der Waals surface area contributed by atoms with Crippen LogP contribution in [-0.4, -0.2) is 23.1 Å². The first kappa shape index (κ1) is 12.0. The average molecular weight is 238 g/mol. The van der Waals surface area contributed by atoms with E-state index in [4.69, 9.17) is 4.74 Å². The normalized spacial score (nSPS) is 9.06. The number of aliphatic imine (C=N–C) groups is 1. The molecule has 1 amide bonds. The Morgan fingerprint density at radius 1 is 1.62 bits per heavy atom. The molecule has 16 heavy (non-hydrogen) atoms. The highest BCUT2D eigenvalue weighted by Gasteiger charge is 2.21. The number of hydrogen-bond acceptors (Lipinski definition) is 5. The van der Waals surface area contributed by atoms with Crippen LogP contribution in [0.3, 0.4) is 0 Å².